The standard InChI is InChI=1S/C32H41ClFN7O2/c1-40(2)18-32(10-11-32)19-43-31-38-29-24-16-37-28(27(29)34)23-14-21(35)15-25(33)22(23)7-3-4-8-26(42)36-12-9-20-6-5-13-41(17-20)30(24)39-31/h14-16,20H,3-13,17-19,35H2,1-2H3,(H,36,42). The van der Waals surface area contributed by atoms with E-state index in [-0.39, 0.29) is 28.5 Å². The highest BCUT2D eigenvalue weighted by molar-refractivity contribution is 6.32. The first-order valence-electron chi connectivity index (χ1n) is 15.4. The number of carbonyl (C=O) groups excluding carboxylic acids is 1. The number of ether oxygens (including phenoxy) is 1. The maximum absolute atomic E-state index is 16.7. The number of amides is 1. The van der Waals surface area contributed by atoms with Crippen LogP contribution in [-0.2, 0) is 11.2 Å². The lowest BCUT2D eigenvalue weighted by Crippen LogP contribution is -2.38. The molecule has 1 aliphatic carbocycles. The minimum absolute atomic E-state index is 0.0574. The average Bonchev–Trinajstić information content (AvgIpc) is 3.73. The Morgan fingerprint density at radius 3 is 2.79 bits per heavy atom. The fraction of sp³-hybridized carbons (Fsp3) is 0.562. The van der Waals surface area contributed by atoms with E-state index < -0.39 is 5.82 Å². The number of anilines is 2. The average molecular weight is 610 g/mol. The molecule has 9 nitrogen and oxygen atoms in total. The zero-order chi connectivity index (χ0) is 30.1. The van der Waals surface area contributed by atoms with E-state index in [0.29, 0.717) is 65.8 Å². The van der Waals surface area contributed by atoms with Gasteiger partial charge in [0.25, 0.3) is 0 Å². The number of hydrogen-bond donors (Lipinski definition) is 2. The number of nitrogens with zero attached hydrogens (tertiary/aromatic N) is 5. The highest BCUT2D eigenvalue weighted by atomic mass is 35.5. The van der Waals surface area contributed by atoms with E-state index in [1.165, 1.54) is 0 Å². The predicted octanol–water partition coefficient (Wildman–Crippen LogP) is 5.24. The van der Waals surface area contributed by atoms with Gasteiger partial charge in [-0.25, -0.2) is 4.39 Å². The number of rotatable bonds is 5. The quantitative estimate of drug-likeness (QED) is 0.378. The molecule has 1 unspecified atom stereocenters. The maximum atomic E-state index is 16.7. The minimum Gasteiger partial charge on any atom is -0.463 e. The summed E-state index contributed by atoms with van der Waals surface area (Å²) in [7, 11) is 4.12. The van der Waals surface area contributed by atoms with Crippen LogP contribution < -0.4 is 20.7 Å². The number of fused-ring (bicyclic) bond motifs is 8. The van der Waals surface area contributed by atoms with E-state index in [2.05, 4.69) is 39.2 Å². The molecule has 1 saturated carbocycles. The van der Waals surface area contributed by atoms with Crippen LogP contribution in [0.15, 0.2) is 18.3 Å². The SMILES string of the molecule is CN(C)CC1(COc2nc3c4cnc(c(F)c4n2)-c2cc(N)cc(Cl)c2CCCCC(=O)NCCC2CCCN3C2)CC1. The van der Waals surface area contributed by atoms with Crippen LogP contribution in [0.5, 0.6) is 6.01 Å². The van der Waals surface area contributed by atoms with Gasteiger partial charge in [0.05, 0.1) is 12.0 Å². The van der Waals surface area contributed by atoms with Crippen LogP contribution in [0, 0.1) is 17.2 Å². The van der Waals surface area contributed by atoms with E-state index in [1.54, 1.807) is 18.3 Å². The lowest BCUT2D eigenvalue weighted by atomic mass is 9.94. The number of aromatic nitrogens is 3. The van der Waals surface area contributed by atoms with Gasteiger partial charge in [0.1, 0.15) is 17.0 Å². The summed E-state index contributed by atoms with van der Waals surface area (Å²) < 4.78 is 22.9. The second-order valence-corrected chi connectivity index (χ2v) is 13.3. The third kappa shape index (κ3) is 6.65. The van der Waals surface area contributed by atoms with Crippen molar-refractivity contribution in [3.05, 3.63) is 34.7 Å². The first kappa shape index (κ1) is 29.8. The van der Waals surface area contributed by atoms with Crippen molar-refractivity contribution < 1.29 is 13.9 Å². The Morgan fingerprint density at radius 2 is 2.00 bits per heavy atom. The van der Waals surface area contributed by atoms with Gasteiger partial charge in [-0.15, -0.1) is 0 Å². The van der Waals surface area contributed by atoms with Crippen molar-refractivity contribution in [1.29, 1.82) is 0 Å². The fourth-order valence-corrected chi connectivity index (χ4v) is 6.96. The third-order valence-corrected chi connectivity index (χ3v) is 9.34. The summed E-state index contributed by atoms with van der Waals surface area (Å²) >= 11 is 6.66. The second-order valence-electron chi connectivity index (χ2n) is 12.9. The summed E-state index contributed by atoms with van der Waals surface area (Å²) in [6.07, 6.45) is 9.18. The lowest BCUT2D eigenvalue weighted by molar-refractivity contribution is -0.121. The molecule has 3 aromatic rings. The Kier molecular flexibility index (Phi) is 8.60. The summed E-state index contributed by atoms with van der Waals surface area (Å²) in [5.74, 6) is 0.529. The lowest BCUT2D eigenvalue weighted by Gasteiger charge is -2.34. The Balaban J connectivity index is 1.46. The summed E-state index contributed by atoms with van der Waals surface area (Å²) in [5.41, 5.74) is 8.31. The number of nitrogens with one attached hydrogen (secondary N) is 1. The molecule has 11 heteroatoms. The van der Waals surface area contributed by atoms with Crippen LogP contribution in [-0.4, -0.2) is 72.6 Å². The summed E-state index contributed by atoms with van der Waals surface area (Å²) in [5, 5.41) is 4.11. The van der Waals surface area contributed by atoms with Crippen molar-refractivity contribution in [2.24, 2.45) is 11.3 Å². The molecule has 7 rings (SSSR count). The van der Waals surface area contributed by atoms with Crippen molar-refractivity contribution >= 4 is 39.9 Å². The number of piperidine rings is 1. The molecular weight excluding hydrogens is 569 g/mol. The molecule has 1 atom stereocenters. The number of benzene rings is 1. The summed E-state index contributed by atoms with van der Waals surface area (Å²) in [4.78, 5) is 31.1. The van der Waals surface area contributed by atoms with Crippen LogP contribution in [0.25, 0.3) is 22.2 Å². The molecule has 230 valence electrons. The minimum atomic E-state index is -0.544. The first-order chi connectivity index (χ1) is 20.7. The Morgan fingerprint density at radius 1 is 1.19 bits per heavy atom. The van der Waals surface area contributed by atoms with Gasteiger partial charge in [-0.2, -0.15) is 9.97 Å². The van der Waals surface area contributed by atoms with Gasteiger partial charge in [0.2, 0.25) is 5.91 Å². The number of nitrogen functional groups attached to an aromatic ring is 1. The maximum Gasteiger partial charge on any atom is 0.319 e. The largest absolute Gasteiger partial charge is 0.463 e. The van der Waals surface area contributed by atoms with Gasteiger partial charge >= 0.3 is 6.01 Å². The molecule has 2 aromatic heterocycles. The number of pyridine rings is 1. The number of hydrogen-bond acceptors (Lipinski definition) is 8. The predicted molar refractivity (Wildman–Crippen MR) is 168 cm³/mol. The van der Waals surface area contributed by atoms with Crippen molar-refractivity contribution in [1.82, 2.24) is 25.2 Å². The highest BCUT2D eigenvalue weighted by Crippen LogP contribution is 2.46. The normalized spacial score (nSPS) is 20.5. The van der Waals surface area contributed by atoms with Gasteiger partial charge < -0.3 is 25.6 Å². The zero-order valence-corrected chi connectivity index (χ0v) is 25.9. The van der Waals surface area contributed by atoms with E-state index in [4.69, 9.17) is 27.1 Å². The molecule has 6 bridgehead atoms. The van der Waals surface area contributed by atoms with Gasteiger partial charge in [-0.1, -0.05) is 11.6 Å². The summed E-state index contributed by atoms with van der Waals surface area (Å²) in [6, 6.07) is 3.58. The second kappa shape index (κ2) is 12.4. The van der Waals surface area contributed by atoms with Crippen LogP contribution in [0.3, 0.4) is 0 Å². The van der Waals surface area contributed by atoms with Gasteiger partial charge in [-0.3, -0.25) is 9.78 Å². The molecule has 0 radical (unpaired) electrons. The summed E-state index contributed by atoms with van der Waals surface area (Å²) in [6.45, 7) is 3.57. The van der Waals surface area contributed by atoms with Gasteiger partial charge in [-0.05, 0) is 89.1 Å². The Labute approximate surface area is 257 Å². The van der Waals surface area contributed by atoms with Crippen molar-refractivity contribution in [2.75, 3.05) is 57.5 Å². The molecule has 43 heavy (non-hydrogen) atoms. The van der Waals surface area contributed by atoms with E-state index in [0.717, 1.165) is 63.7 Å². The number of halogens is 2. The van der Waals surface area contributed by atoms with Crippen molar-refractivity contribution in [2.45, 2.75) is 57.8 Å². The van der Waals surface area contributed by atoms with Crippen LogP contribution in [0.1, 0.15) is 56.9 Å². The van der Waals surface area contributed by atoms with Crippen LogP contribution in [0.2, 0.25) is 5.02 Å². The molecule has 1 saturated heterocycles. The molecule has 1 amide bonds. The zero-order valence-electron chi connectivity index (χ0n) is 25.1. The number of nitrogens with two attached hydrogens (primary N) is 1. The van der Waals surface area contributed by atoms with E-state index >= 15 is 4.39 Å². The van der Waals surface area contributed by atoms with E-state index in [1.807, 2.05) is 0 Å². The fourth-order valence-electron chi connectivity index (χ4n) is 6.64. The van der Waals surface area contributed by atoms with E-state index in [9.17, 15) is 4.79 Å². The first-order valence-corrected chi connectivity index (χ1v) is 15.8. The third-order valence-electron chi connectivity index (χ3n) is 9.01. The smallest absolute Gasteiger partial charge is 0.319 e. The molecule has 3 N–H and O–H groups in total. The number of carbonyl (C=O) groups is 1. The topological polar surface area (TPSA) is 109 Å². The molecule has 1 aromatic carbocycles. The molecule has 2 fully saturated rings. The van der Waals surface area contributed by atoms with Gasteiger partial charge in [0, 0.05) is 60.5 Å². The van der Waals surface area contributed by atoms with Gasteiger partial charge in [0.15, 0.2) is 5.82 Å². The molecule has 3 aliphatic heterocycles. The van der Waals surface area contributed by atoms with Crippen LogP contribution >= 0.6 is 11.6 Å². The van der Waals surface area contributed by atoms with Crippen LogP contribution in [0.4, 0.5) is 15.9 Å². The molecule has 0 spiro atoms. The monoisotopic (exact) mass is 609 g/mol. The highest BCUT2D eigenvalue weighted by Gasteiger charge is 2.44. The van der Waals surface area contributed by atoms with Crippen molar-refractivity contribution in [3.8, 4) is 17.3 Å². The Bertz CT molecular complexity index is 1510. The molecule has 4 aliphatic rings. The Hall–Kier alpha value is -3.24. The molecular formula is C32H41ClFN7O2. The molecule has 5 heterocycles. The van der Waals surface area contributed by atoms with Crippen molar-refractivity contribution in [3.63, 3.8) is 0 Å².